The van der Waals surface area contributed by atoms with Gasteiger partial charge in [-0.3, -0.25) is 0 Å². The number of ether oxygens (including phenoxy) is 1. The lowest BCUT2D eigenvalue weighted by molar-refractivity contribution is 0.00224. The summed E-state index contributed by atoms with van der Waals surface area (Å²) in [5.41, 5.74) is 1.21. The molecule has 0 spiro atoms. The van der Waals surface area contributed by atoms with Crippen molar-refractivity contribution in [3.8, 4) is 0 Å². The molecule has 2 N–H and O–H groups in total. The Hall–Kier alpha value is -1.55. The van der Waals surface area contributed by atoms with E-state index in [1.807, 2.05) is 18.2 Å². The molecule has 2 amide bonds. The quantitative estimate of drug-likeness (QED) is 0.896. The average Bonchev–Trinajstić information content (AvgIpc) is 2.99. The van der Waals surface area contributed by atoms with E-state index >= 15 is 0 Å². The molecular formula is C20H26N2O2. The number of urea groups is 1. The van der Waals surface area contributed by atoms with E-state index in [0.29, 0.717) is 12.6 Å². The standard InChI is InChI=1S/C20H26N2O2/c23-20(22-19-17-13-6-7-14(10-13)18(17)19)21-15-8-9-24-16(11-15)12-4-2-1-3-5-12/h1-5,13-19H,6-11H2,(H2,21,22,23)/t13-,14-,15+,16+,17-,18+,19?/m0/s1. The normalized spacial score (nSPS) is 42.4. The van der Waals surface area contributed by atoms with E-state index in [9.17, 15) is 4.79 Å². The molecule has 1 heterocycles. The van der Waals surface area contributed by atoms with Gasteiger partial charge in [-0.25, -0.2) is 4.79 Å². The molecule has 4 heteroatoms. The predicted molar refractivity (Wildman–Crippen MR) is 91.4 cm³/mol. The van der Waals surface area contributed by atoms with Crippen molar-refractivity contribution < 1.29 is 9.53 Å². The van der Waals surface area contributed by atoms with Gasteiger partial charge in [0.2, 0.25) is 0 Å². The van der Waals surface area contributed by atoms with Crippen LogP contribution in [0.4, 0.5) is 4.79 Å². The van der Waals surface area contributed by atoms with Crippen molar-refractivity contribution in [2.45, 2.75) is 50.3 Å². The molecule has 3 saturated carbocycles. The second-order valence-electron chi connectivity index (χ2n) is 8.12. The SMILES string of the molecule is O=C(NC1[C@@H]2[C@H]3CC[C@@H](C3)[C@H]12)N[C@@H]1CCO[C@@H](c2ccccc2)C1. The summed E-state index contributed by atoms with van der Waals surface area (Å²) in [4.78, 5) is 12.4. The zero-order chi connectivity index (χ0) is 16.1. The van der Waals surface area contributed by atoms with Crippen LogP contribution in [-0.4, -0.2) is 24.7 Å². The van der Waals surface area contributed by atoms with Gasteiger partial charge >= 0.3 is 6.03 Å². The highest BCUT2D eigenvalue weighted by Gasteiger charge is 2.65. The molecule has 1 aromatic rings. The summed E-state index contributed by atoms with van der Waals surface area (Å²) in [5.74, 6) is 3.38. The van der Waals surface area contributed by atoms with Gasteiger partial charge in [-0.2, -0.15) is 0 Å². The number of benzene rings is 1. The maximum Gasteiger partial charge on any atom is 0.315 e. The van der Waals surface area contributed by atoms with Crippen LogP contribution >= 0.6 is 0 Å². The Morgan fingerprint density at radius 3 is 2.46 bits per heavy atom. The van der Waals surface area contributed by atoms with Crippen LogP contribution in [0.15, 0.2) is 30.3 Å². The Balaban J connectivity index is 1.14. The molecular weight excluding hydrogens is 300 g/mol. The highest BCUT2D eigenvalue weighted by atomic mass is 16.5. The van der Waals surface area contributed by atoms with E-state index in [1.54, 1.807) is 0 Å². The molecule has 1 saturated heterocycles. The Labute approximate surface area is 143 Å². The highest BCUT2D eigenvalue weighted by Crippen LogP contribution is 2.65. The lowest BCUT2D eigenvalue weighted by Crippen LogP contribution is -2.46. The molecule has 128 valence electrons. The van der Waals surface area contributed by atoms with Crippen LogP contribution in [-0.2, 0) is 4.74 Å². The van der Waals surface area contributed by atoms with Gasteiger partial charge in [-0.15, -0.1) is 0 Å². The first-order valence-corrected chi connectivity index (χ1v) is 9.53. The van der Waals surface area contributed by atoms with Crippen LogP contribution in [0.25, 0.3) is 0 Å². The van der Waals surface area contributed by atoms with Crippen molar-refractivity contribution in [3.05, 3.63) is 35.9 Å². The van der Waals surface area contributed by atoms with Gasteiger partial charge in [0, 0.05) is 18.7 Å². The van der Waals surface area contributed by atoms with Gasteiger partial charge in [0.1, 0.15) is 0 Å². The fraction of sp³-hybridized carbons (Fsp3) is 0.650. The van der Waals surface area contributed by atoms with E-state index in [2.05, 4.69) is 22.8 Å². The summed E-state index contributed by atoms with van der Waals surface area (Å²) < 4.78 is 5.89. The predicted octanol–water partition coefficient (Wildman–Crippen LogP) is 3.25. The van der Waals surface area contributed by atoms with Gasteiger partial charge in [-0.1, -0.05) is 30.3 Å². The molecule has 0 radical (unpaired) electrons. The molecule has 0 aromatic heterocycles. The third-order valence-electron chi connectivity index (χ3n) is 6.82. The second-order valence-corrected chi connectivity index (χ2v) is 8.12. The van der Waals surface area contributed by atoms with E-state index in [0.717, 1.165) is 36.5 Å². The lowest BCUT2D eigenvalue weighted by Gasteiger charge is -2.30. The number of carbonyl (C=O) groups excluding carboxylic acids is 1. The molecule has 3 aliphatic carbocycles. The highest BCUT2D eigenvalue weighted by molar-refractivity contribution is 5.75. The van der Waals surface area contributed by atoms with Crippen molar-refractivity contribution in [1.29, 1.82) is 0 Å². The second kappa shape index (κ2) is 5.76. The summed E-state index contributed by atoms with van der Waals surface area (Å²) in [6.45, 7) is 0.712. The molecule has 5 rings (SSSR count). The summed E-state index contributed by atoms with van der Waals surface area (Å²) in [6, 6.07) is 11.0. The summed E-state index contributed by atoms with van der Waals surface area (Å²) in [6.07, 6.45) is 6.07. The lowest BCUT2D eigenvalue weighted by atomic mass is 9.97. The van der Waals surface area contributed by atoms with Crippen molar-refractivity contribution >= 4 is 6.03 Å². The van der Waals surface area contributed by atoms with Crippen LogP contribution in [0.1, 0.15) is 43.8 Å². The van der Waals surface area contributed by atoms with Gasteiger partial charge in [-0.05, 0) is 61.3 Å². The average molecular weight is 326 g/mol. The Morgan fingerprint density at radius 1 is 0.958 bits per heavy atom. The van der Waals surface area contributed by atoms with Crippen LogP contribution in [0.3, 0.4) is 0 Å². The number of rotatable bonds is 3. The number of carbonyl (C=O) groups is 1. The zero-order valence-electron chi connectivity index (χ0n) is 14.0. The van der Waals surface area contributed by atoms with Gasteiger partial charge in [0.15, 0.2) is 0 Å². The molecule has 24 heavy (non-hydrogen) atoms. The number of nitrogens with one attached hydrogen (secondary N) is 2. The minimum atomic E-state index is 0.0347. The van der Waals surface area contributed by atoms with E-state index < -0.39 is 0 Å². The molecule has 4 fully saturated rings. The number of hydrogen-bond donors (Lipinski definition) is 2. The number of hydrogen-bond acceptors (Lipinski definition) is 2. The largest absolute Gasteiger partial charge is 0.373 e. The van der Waals surface area contributed by atoms with Crippen molar-refractivity contribution in [2.75, 3.05) is 6.61 Å². The fourth-order valence-corrected chi connectivity index (χ4v) is 5.72. The zero-order valence-corrected chi connectivity index (χ0v) is 14.0. The monoisotopic (exact) mass is 326 g/mol. The Kier molecular flexibility index (Phi) is 3.55. The third kappa shape index (κ3) is 2.52. The van der Waals surface area contributed by atoms with Crippen LogP contribution in [0, 0.1) is 23.7 Å². The smallest absolute Gasteiger partial charge is 0.315 e. The molecule has 7 atom stereocenters. The first-order valence-electron chi connectivity index (χ1n) is 9.53. The molecule has 1 unspecified atom stereocenters. The summed E-state index contributed by atoms with van der Waals surface area (Å²) in [7, 11) is 0. The third-order valence-corrected chi connectivity index (χ3v) is 6.82. The van der Waals surface area contributed by atoms with Crippen molar-refractivity contribution in [3.63, 3.8) is 0 Å². The minimum absolute atomic E-state index is 0.0347. The van der Waals surface area contributed by atoms with E-state index in [-0.39, 0.29) is 18.2 Å². The molecule has 1 aliphatic heterocycles. The van der Waals surface area contributed by atoms with E-state index in [1.165, 1.54) is 24.8 Å². The Morgan fingerprint density at radius 2 is 1.71 bits per heavy atom. The van der Waals surface area contributed by atoms with Crippen molar-refractivity contribution in [2.24, 2.45) is 23.7 Å². The van der Waals surface area contributed by atoms with Crippen LogP contribution < -0.4 is 10.6 Å². The molecule has 4 nitrogen and oxygen atoms in total. The number of fused-ring (bicyclic) bond motifs is 5. The van der Waals surface area contributed by atoms with Crippen LogP contribution in [0.2, 0.25) is 0 Å². The summed E-state index contributed by atoms with van der Waals surface area (Å²) >= 11 is 0. The van der Waals surface area contributed by atoms with Gasteiger partial charge in [0.05, 0.1) is 6.10 Å². The first kappa shape index (κ1) is 14.8. The molecule has 4 aliphatic rings. The van der Waals surface area contributed by atoms with Crippen molar-refractivity contribution in [1.82, 2.24) is 10.6 Å². The summed E-state index contributed by atoms with van der Waals surface area (Å²) in [5, 5.41) is 6.47. The maximum absolute atomic E-state index is 12.4. The Bertz CT molecular complexity index is 603. The van der Waals surface area contributed by atoms with Gasteiger partial charge < -0.3 is 15.4 Å². The fourth-order valence-electron chi connectivity index (χ4n) is 5.72. The van der Waals surface area contributed by atoms with E-state index in [4.69, 9.17) is 4.74 Å². The first-order chi connectivity index (χ1) is 11.8. The topological polar surface area (TPSA) is 50.4 Å². The minimum Gasteiger partial charge on any atom is -0.373 e. The van der Waals surface area contributed by atoms with Gasteiger partial charge in [0.25, 0.3) is 0 Å². The molecule has 1 aromatic carbocycles. The molecule has 2 bridgehead atoms. The number of amides is 2. The van der Waals surface area contributed by atoms with Crippen LogP contribution in [0.5, 0.6) is 0 Å². The maximum atomic E-state index is 12.4.